The minimum absolute atomic E-state index is 0.601. The van der Waals surface area contributed by atoms with E-state index in [0.29, 0.717) is 22.8 Å². The molecule has 5 heterocycles. The van der Waals surface area contributed by atoms with E-state index in [-0.39, 0.29) is 0 Å². The number of unbranched alkanes of at least 4 members (excludes halogenated alkanes) is 6. The lowest BCUT2D eigenvalue weighted by atomic mass is 9.89. The third kappa shape index (κ3) is 5.89. The van der Waals surface area contributed by atoms with E-state index < -0.39 is 6.97 Å². The van der Waals surface area contributed by atoms with Crippen molar-refractivity contribution in [3.05, 3.63) is 99.3 Å². The fourth-order valence-corrected chi connectivity index (χ4v) is 10.2. The van der Waals surface area contributed by atoms with Crippen LogP contribution in [0.1, 0.15) is 96.7 Å². The number of aryl methyl sites for hydroxylation is 2. The van der Waals surface area contributed by atoms with Gasteiger partial charge in [-0.15, -0.1) is 22.7 Å². The van der Waals surface area contributed by atoms with Crippen LogP contribution in [0.15, 0.2) is 60.7 Å². The minimum atomic E-state index is -4.23. The van der Waals surface area contributed by atoms with E-state index in [1.54, 1.807) is 22.7 Å². The highest BCUT2D eigenvalue weighted by molar-refractivity contribution is 14.1. The molecular formula is C37H37BF2I2N2S2. The molecule has 0 amide bonds. The van der Waals surface area contributed by atoms with Crippen molar-refractivity contribution in [3.8, 4) is 10.6 Å². The first-order valence-electron chi connectivity index (χ1n) is 16.5. The molecule has 0 saturated heterocycles. The molecule has 7 rings (SSSR count). The maximum absolute atomic E-state index is 17.7. The van der Waals surface area contributed by atoms with Gasteiger partial charge in [0.25, 0.3) is 0 Å². The highest BCUT2D eigenvalue weighted by atomic mass is 127. The highest BCUT2D eigenvalue weighted by Crippen LogP contribution is 2.48. The predicted octanol–water partition coefficient (Wildman–Crippen LogP) is 12.5. The zero-order valence-corrected chi connectivity index (χ0v) is 32.2. The Morgan fingerprint density at radius 3 is 2.02 bits per heavy atom. The van der Waals surface area contributed by atoms with Gasteiger partial charge >= 0.3 is 6.97 Å². The van der Waals surface area contributed by atoms with Crippen LogP contribution in [0.3, 0.4) is 0 Å². The molecule has 0 bridgehead atoms. The van der Waals surface area contributed by atoms with Crippen molar-refractivity contribution in [2.45, 2.75) is 78.1 Å². The van der Waals surface area contributed by atoms with Crippen molar-refractivity contribution in [2.24, 2.45) is 0 Å². The first kappa shape index (κ1) is 32.7. The Hall–Kier alpha value is -1.83. The van der Waals surface area contributed by atoms with Gasteiger partial charge in [-0.2, -0.15) is 0 Å². The molecule has 0 radical (unpaired) electrons. The van der Waals surface area contributed by atoms with Gasteiger partial charge in [-0.1, -0.05) is 58.4 Å². The van der Waals surface area contributed by atoms with Crippen LogP contribution in [0.2, 0.25) is 0 Å². The number of rotatable bonds is 12. The normalized spacial score (nSPS) is 15.0. The van der Waals surface area contributed by atoms with E-state index in [2.05, 4.69) is 95.4 Å². The van der Waals surface area contributed by atoms with Crippen LogP contribution in [0.5, 0.6) is 0 Å². The van der Waals surface area contributed by atoms with Crippen LogP contribution in [0.4, 0.5) is 8.63 Å². The standard InChI is InChI=1S/C37H37BF2I2N2S2/c1-3-5-7-9-11-26-15-19-34(45-26)36-30-21-24(41)13-17-28(30)32-23-33-29-18-14-25(42)22-31(29)37(44(33)38(39,40)43(32)36)35-20-16-27(46-35)12-10-8-6-4-2/h13-23H,3-12H2,1-2H3. The van der Waals surface area contributed by atoms with E-state index in [4.69, 9.17) is 0 Å². The zero-order chi connectivity index (χ0) is 32.0. The molecule has 5 aromatic rings. The van der Waals surface area contributed by atoms with Crippen molar-refractivity contribution < 1.29 is 13.1 Å². The quantitative estimate of drug-likeness (QED) is 0.0670. The van der Waals surface area contributed by atoms with Crippen LogP contribution in [0, 0.1) is 7.14 Å². The number of fused-ring (bicyclic) bond motifs is 6. The largest absolute Gasteiger partial charge is 0.738 e. The van der Waals surface area contributed by atoms with E-state index >= 15 is 8.63 Å². The number of hydrogen-bond donors (Lipinski definition) is 0. The molecule has 0 N–H and O–H groups in total. The van der Waals surface area contributed by atoms with E-state index in [1.165, 1.54) is 57.2 Å². The number of nitrogens with zero attached hydrogens (tertiary/aromatic N) is 2. The van der Waals surface area contributed by atoms with Crippen LogP contribution in [-0.2, 0) is 12.8 Å². The minimum Gasteiger partial charge on any atom is -0.389 e. The molecule has 0 saturated carbocycles. The molecule has 0 aliphatic carbocycles. The Labute approximate surface area is 306 Å². The van der Waals surface area contributed by atoms with Crippen molar-refractivity contribution in [2.75, 3.05) is 0 Å². The molecule has 2 nitrogen and oxygen atoms in total. The van der Waals surface area contributed by atoms with Crippen molar-refractivity contribution in [3.63, 3.8) is 0 Å². The Kier molecular flexibility index (Phi) is 9.66. The smallest absolute Gasteiger partial charge is 0.389 e. The van der Waals surface area contributed by atoms with E-state index in [9.17, 15) is 0 Å². The molecule has 9 heteroatoms. The summed E-state index contributed by atoms with van der Waals surface area (Å²) in [5.74, 6) is 0. The summed E-state index contributed by atoms with van der Waals surface area (Å²) in [5, 5.41) is 1.78. The molecule has 2 aliphatic rings. The zero-order valence-electron chi connectivity index (χ0n) is 26.2. The maximum Gasteiger partial charge on any atom is 0.738 e. The maximum atomic E-state index is 17.7. The van der Waals surface area contributed by atoms with Crippen LogP contribution in [-0.4, -0.2) is 21.6 Å². The molecule has 238 valence electrons. The molecule has 0 spiro atoms. The highest BCUT2D eigenvalue weighted by Gasteiger charge is 2.56. The Balaban J connectivity index is 1.41. The number of benzene rings is 2. The topological polar surface area (TPSA) is 7.94 Å². The molecule has 0 unspecified atom stereocenters. The first-order valence-corrected chi connectivity index (χ1v) is 20.3. The van der Waals surface area contributed by atoms with Crippen LogP contribution >= 0.6 is 67.9 Å². The van der Waals surface area contributed by atoms with Gasteiger partial charge in [-0.05, 0) is 125 Å². The molecule has 2 aliphatic heterocycles. The van der Waals surface area contributed by atoms with Crippen molar-refractivity contribution in [1.29, 1.82) is 0 Å². The summed E-state index contributed by atoms with van der Waals surface area (Å²) in [6.07, 6.45) is 13.6. The van der Waals surface area contributed by atoms with Gasteiger partial charge in [0.15, 0.2) is 11.4 Å². The Morgan fingerprint density at radius 2 is 1.33 bits per heavy atom. The third-order valence-electron chi connectivity index (χ3n) is 9.26. The fraction of sp³-hybridized carbons (Fsp3) is 0.324. The number of thiophene rings is 2. The van der Waals surface area contributed by atoms with Gasteiger partial charge in [0, 0.05) is 50.0 Å². The summed E-state index contributed by atoms with van der Waals surface area (Å²) in [7, 11) is 0. The fourth-order valence-electron chi connectivity index (χ4n) is 7.05. The van der Waals surface area contributed by atoms with Crippen LogP contribution < -0.4 is 0 Å². The summed E-state index contributed by atoms with van der Waals surface area (Å²) in [5.41, 5.74) is 4.26. The molecule has 2 aromatic carbocycles. The second kappa shape index (κ2) is 13.6. The summed E-state index contributed by atoms with van der Waals surface area (Å²) in [4.78, 5) is 4.37. The van der Waals surface area contributed by atoms with Gasteiger partial charge in [0.05, 0.1) is 16.0 Å². The van der Waals surface area contributed by atoms with E-state index in [0.717, 1.165) is 64.5 Å². The Morgan fingerprint density at radius 1 is 0.696 bits per heavy atom. The predicted molar refractivity (Wildman–Crippen MR) is 212 cm³/mol. The molecular weight excluding hydrogens is 839 g/mol. The average molecular weight is 876 g/mol. The van der Waals surface area contributed by atoms with Gasteiger partial charge in [0.2, 0.25) is 0 Å². The second-order valence-electron chi connectivity index (χ2n) is 12.5. The van der Waals surface area contributed by atoms with Crippen molar-refractivity contribution >= 4 is 103 Å². The molecule has 0 atom stereocenters. The van der Waals surface area contributed by atoms with Gasteiger partial charge in [-0.25, -0.2) is 0 Å². The number of halogens is 4. The average Bonchev–Trinajstić information content (AvgIpc) is 3.81. The van der Waals surface area contributed by atoms with Gasteiger partial charge in [0.1, 0.15) is 0 Å². The van der Waals surface area contributed by atoms with Crippen LogP contribution in [0.25, 0.3) is 33.1 Å². The number of hydrogen-bond acceptors (Lipinski definition) is 2. The lowest BCUT2D eigenvalue weighted by molar-refractivity contribution is -0.316. The lowest BCUT2D eigenvalue weighted by Gasteiger charge is -2.30. The monoisotopic (exact) mass is 876 g/mol. The van der Waals surface area contributed by atoms with E-state index in [1.807, 2.05) is 30.3 Å². The molecule has 3 aromatic heterocycles. The Bertz CT molecular complexity index is 2000. The first-order chi connectivity index (χ1) is 22.3. The SMILES string of the molecule is CCCCCCc1ccc(C2=[N+]3C(=Cc4c5ccc(I)cc5c(-c5ccc(CCCCCC)s5)n4[B-]3(F)F)c3ccc(I)cc32)s1. The number of aromatic nitrogens is 1. The molecule has 46 heavy (non-hydrogen) atoms. The van der Waals surface area contributed by atoms with Gasteiger partial charge in [-0.3, -0.25) is 0 Å². The third-order valence-corrected chi connectivity index (χ3v) is 12.9. The second-order valence-corrected chi connectivity index (χ2v) is 17.3. The summed E-state index contributed by atoms with van der Waals surface area (Å²) in [6.45, 7) is 0.221. The summed E-state index contributed by atoms with van der Waals surface area (Å²) < 4.78 is 40.3. The summed E-state index contributed by atoms with van der Waals surface area (Å²) in [6, 6.07) is 20.7. The lowest BCUT2D eigenvalue weighted by Crippen LogP contribution is -2.50. The summed E-state index contributed by atoms with van der Waals surface area (Å²) >= 11 is 7.96. The van der Waals surface area contributed by atoms with Gasteiger partial charge < -0.3 is 17.6 Å². The van der Waals surface area contributed by atoms with Crippen molar-refractivity contribution in [1.82, 2.24) is 4.48 Å². The molecule has 0 fully saturated rings.